The number of piperidine rings is 1. The number of hydrogen-bond donors (Lipinski definition) is 1. The van der Waals surface area contributed by atoms with Crippen LogP contribution in [0.5, 0.6) is 0 Å². The fourth-order valence-electron chi connectivity index (χ4n) is 3.27. The molecule has 0 radical (unpaired) electrons. The van der Waals surface area contributed by atoms with Crippen LogP contribution in [0.2, 0.25) is 0 Å². The monoisotopic (exact) mass is 268 g/mol. The molecule has 2 atom stereocenters. The first-order valence-electron chi connectivity index (χ1n) is 7.79. The van der Waals surface area contributed by atoms with Crippen LogP contribution >= 0.6 is 0 Å². The van der Waals surface area contributed by atoms with Crippen LogP contribution in [-0.4, -0.2) is 36.5 Å². The fraction of sp³-hybridized carbons (Fsp3) is 0.938. The fourth-order valence-corrected chi connectivity index (χ4v) is 3.27. The van der Waals surface area contributed by atoms with Crippen LogP contribution in [0.25, 0.3) is 0 Å². The van der Waals surface area contributed by atoms with E-state index in [2.05, 4.69) is 37.9 Å². The summed E-state index contributed by atoms with van der Waals surface area (Å²) in [5.74, 6) is 0.819. The lowest BCUT2D eigenvalue weighted by Gasteiger charge is -2.40. The summed E-state index contributed by atoms with van der Waals surface area (Å²) in [5.41, 5.74) is 0.374. The summed E-state index contributed by atoms with van der Waals surface area (Å²) >= 11 is 0. The Balaban J connectivity index is 2.57. The van der Waals surface area contributed by atoms with Gasteiger partial charge in [-0.2, -0.15) is 0 Å². The number of rotatable bonds is 5. The van der Waals surface area contributed by atoms with Crippen LogP contribution < -0.4 is 5.32 Å². The van der Waals surface area contributed by atoms with Gasteiger partial charge >= 0.3 is 0 Å². The second-order valence-corrected chi connectivity index (χ2v) is 7.38. The predicted molar refractivity (Wildman–Crippen MR) is 81.1 cm³/mol. The summed E-state index contributed by atoms with van der Waals surface area (Å²) in [6, 6.07) is 0.343. The third kappa shape index (κ3) is 6.95. The van der Waals surface area contributed by atoms with Gasteiger partial charge in [0.05, 0.1) is 0 Å². The van der Waals surface area contributed by atoms with Crippen molar-refractivity contribution in [2.75, 3.05) is 19.6 Å². The molecule has 1 saturated heterocycles. The quantitative estimate of drug-likeness (QED) is 0.831. The van der Waals surface area contributed by atoms with Crippen LogP contribution in [-0.2, 0) is 4.79 Å². The zero-order valence-electron chi connectivity index (χ0n) is 13.5. The number of likely N-dealkylation sites (tertiary alicyclic amines) is 1. The molecule has 0 aromatic heterocycles. The van der Waals surface area contributed by atoms with Crippen LogP contribution in [0, 0.1) is 11.3 Å². The average Bonchev–Trinajstić information content (AvgIpc) is 2.22. The normalized spacial score (nSPS) is 25.3. The first kappa shape index (κ1) is 16.5. The molecule has 0 saturated carbocycles. The van der Waals surface area contributed by atoms with Crippen LogP contribution in [0.15, 0.2) is 0 Å². The Kier molecular flexibility index (Phi) is 6.31. The van der Waals surface area contributed by atoms with E-state index in [4.69, 9.17) is 0 Å². The Morgan fingerprint density at radius 1 is 1.32 bits per heavy atom. The lowest BCUT2D eigenvalue weighted by molar-refractivity contribution is -0.120. The lowest BCUT2D eigenvalue weighted by atomic mass is 9.80. The van der Waals surface area contributed by atoms with Gasteiger partial charge in [-0.25, -0.2) is 0 Å². The molecule has 0 aromatic carbocycles. The molecule has 0 aliphatic carbocycles. The second-order valence-electron chi connectivity index (χ2n) is 7.38. The third-order valence-electron chi connectivity index (χ3n) is 3.75. The summed E-state index contributed by atoms with van der Waals surface area (Å²) in [4.78, 5) is 13.8. The minimum absolute atomic E-state index is 0.108. The van der Waals surface area contributed by atoms with Crippen molar-refractivity contribution in [3.63, 3.8) is 0 Å². The maximum absolute atomic E-state index is 11.3. The molecule has 112 valence electrons. The Morgan fingerprint density at radius 2 is 2.00 bits per heavy atom. The Morgan fingerprint density at radius 3 is 2.53 bits per heavy atom. The molecule has 19 heavy (non-hydrogen) atoms. The maximum Gasteiger partial charge on any atom is 0.217 e. The van der Waals surface area contributed by atoms with Gasteiger partial charge in [-0.15, -0.1) is 0 Å². The summed E-state index contributed by atoms with van der Waals surface area (Å²) in [6.07, 6.45) is 4.88. The van der Waals surface area contributed by atoms with E-state index in [0.717, 1.165) is 13.0 Å². The second kappa shape index (κ2) is 7.28. The van der Waals surface area contributed by atoms with Crippen LogP contribution in [0.1, 0.15) is 60.3 Å². The number of nitrogens with zero attached hydrogens (tertiary/aromatic N) is 1. The molecule has 1 aliphatic heterocycles. The zero-order valence-corrected chi connectivity index (χ0v) is 13.5. The molecule has 3 heteroatoms. The lowest BCUT2D eigenvalue weighted by Crippen LogP contribution is -2.51. The van der Waals surface area contributed by atoms with Crippen molar-refractivity contribution in [2.45, 2.75) is 66.3 Å². The first-order valence-corrected chi connectivity index (χ1v) is 7.79. The summed E-state index contributed by atoms with van der Waals surface area (Å²) in [7, 11) is 0. The first-order chi connectivity index (χ1) is 8.80. The van der Waals surface area contributed by atoms with Gasteiger partial charge in [0.15, 0.2) is 0 Å². The van der Waals surface area contributed by atoms with E-state index in [1.165, 1.54) is 32.4 Å². The highest BCUT2D eigenvalue weighted by Gasteiger charge is 2.29. The molecule has 1 amide bonds. The molecule has 3 nitrogen and oxygen atoms in total. The van der Waals surface area contributed by atoms with E-state index < -0.39 is 0 Å². The van der Waals surface area contributed by atoms with Crippen molar-refractivity contribution in [1.29, 1.82) is 0 Å². The molecule has 1 rings (SSSR count). The molecule has 0 spiro atoms. The average molecular weight is 268 g/mol. The molecule has 1 heterocycles. The highest BCUT2D eigenvalue weighted by Crippen LogP contribution is 2.30. The number of carbonyl (C=O) groups excluding carboxylic acids is 1. The van der Waals surface area contributed by atoms with Crippen molar-refractivity contribution < 1.29 is 4.79 Å². The summed E-state index contributed by atoms with van der Waals surface area (Å²) in [6.45, 7) is 14.2. The Bertz CT molecular complexity index is 283. The predicted octanol–water partition coefficient (Wildman–Crippen LogP) is 3.05. The van der Waals surface area contributed by atoms with E-state index in [9.17, 15) is 4.79 Å². The number of carbonyl (C=O) groups is 1. The van der Waals surface area contributed by atoms with Crippen molar-refractivity contribution in [2.24, 2.45) is 11.3 Å². The molecule has 1 fully saturated rings. The molecule has 0 bridgehead atoms. The van der Waals surface area contributed by atoms with Gasteiger partial charge in [0.2, 0.25) is 5.91 Å². The van der Waals surface area contributed by atoms with Gasteiger partial charge in [-0.05, 0) is 37.1 Å². The van der Waals surface area contributed by atoms with Crippen molar-refractivity contribution in [3.05, 3.63) is 0 Å². The molecular formula is C16H32N2O. The Labute approximate surface area is 119 Å². The Hall–Kier alpha value is -0.570. The zero-order chi connectivity index (χ0) is 14.5. The van der Waals surface area contributed by atoms with Crippen LogP contribution in [0.4, 0.5) is 0 Å². The molecule has 0 aromatic rings. The molecule has 2 unspecified atom stereocenters. The maximum atomic E-state index is 11.3. The minimum atomic E-state index is 0.108. The highest BCUT2D eigenvalue weighted by atomic mass is 16.1. The van der Waals surface area contributed by atoms with E-state index >= 15 is 0 Å². The van der Waals surface area contributed by atoms with Gasteiger partial charge in [0.25, 0.3) is 0 Å². The van der Waals surface area contributed by atoms with Gasteiger partial charge in [-0.1, -0.05) is 34.1 Å². The summed E-state index contributed by atoms with van der Waals surface area (Å²) in [5, 5.41) is 3.12. The van der Waals surface area contributed by atoms with Gasteiger partial charge in [-0.3, -0.25) is 4.79 Å². The van der Waals surface area contributed by atoms with E-state index in [1.807, 2.05) is 0 Å². The van der Waals surface area contributed by atoms with E-state index in [-0.39, 0.29) is 5.91 Å². The van der Waals surface area contributed by atoms with Crippen LogP contribution in [0.3, 0.4) is 0 Å². The largest absolute Gasteiger partial charge is 0.352 e. The molecule has 1 N–H and O–H groups in total. The minimum Gasteiger partial charge on any atom is -0.352 e. The highest BCUT2D eigenvalue weighted by molar-refractivity contribution is 5.73. The van der Waals surface area contributed by atoms with Gasteiger partial charge in [0.1, 0.15) is 0 Å². The van der Waals surface area contributed by atoms with E-state index in [0.29, 0.717) is 17.4 Å². The third-order valence-corrected chi connectivity index (χ3v) is 3.75. The standard InChI is InChI=1S/C16H32N2O/c1-6-7-8-18-11-14(10-16(3,4)5)9-15(12-18)17-13(2)19/h14-15H,6-12H2,1-5H3,(H,17,19). The van der Waals surface area contributed by atoms with Crippen molar-refractivity contribution in [3.8, 4) is 0 Å². The number of hydrogen-bond acceptors (Lipinski definition) is 2. The molecule has 1 aliphatic rings. The van der Waals surface area contributed by atoms with Gasteiger partial charge < -0.3 is 10.2 Å². The van der Waals surface area contributed by atoms with Crippen molar-refractivity contribution in [1.82, 2.24) is 10.2 Å². The van der Waals surface area contributed by atoms with E-state index in [1.54, 1.807) is 6.92 Å². The number of unbranched alkanes of at least 4 members (excludes halogenated alkanes) is 1. The van der Waals surface area contributed by atoms with Gasteiger partial charge in [0, 0.05) is 26.1 Å². The number of amides is 1. The number of nitrogens with one attached hydrogen (secondary N) is 1. The molecular weight excluding hydrogens is 236 g/mol. The summed E-state index contributed by atoms with van der Waals surface area (Å²) < 4.78 is 0. The SMILES string of the molecule is CCCCN1CC(CC(C)(C)C)CC(NC(C)=O)C1. The van der Waals surface area contributed by atoms with Crippen molar-refractivity contribution >= 4 is 5.91 Å². The smallest absolute Gasteiger partial charge is 0.217 e. The topological polar surface area (TPSA) is 32.3 Å².